The Morgan fingerprint density at radius 2 is 0.863 bits per heavy atom. The van der Waals surface area contributed by atoms with Gasteiger partial charge in [-0.25, -0.2) is 0 Å². The molecule has 0 amide bonds. The van der Waals surface area contributed by atoms with Gasteiger partial charge in [0.1, 0.15) is 0 Å². The molecule has 0 N–H and O–H groups in total. The van der Waals surface area contributed by atoms with Crippen LogP contribution in [0.1, 0.15) is 0 Å². The van der Waals surface area contributed by atoms with Gasteiger partial charge in [0.25, 0.3) is 0 Å². The predicted molar refractivity (Wildman–Crippen MR) is 223 cm³/mol. The molecule has 0 spiro atoms. The molecule has 0 aliphatic rings. The molecule has 0 atom stereocenters. The largest absolute Gasteiger partial charge is 0.308 e. The SMILES string of the molecule is c1ccc(-c2cccc(-c3ccc(N(c4cccc5c4sc4ccccc45)c4ccc(-c5ccccc5)c5c4sc4ccccc45)cc3)c2)cc1. The van der Waals surface area contributed by atoms with E-state index < -0.39 is 0 Å². The van der Waals surface area contributed by atoms with Crippen molar-refractivity contribution < 1.29 is 0 Å². The van der Waals surface area contributed by atoms with Crippen LogP contribution in [0.25, 0.3) is 73.7 Å². The third-order valence-corrected chi connectivity index (χ3v) is 12.3. The van der Waals surface area contributed by atoms with Crippen LogP contribution in [0, 0.1) is 0 Å². The third-order valence-electron chi connectivity index (χ3n) is 9.88. The summed E-state index contributed by atoms with van der Waals surface area (Å²) in [6, 6.07) is 68.5. The summed E-state index contributed by atoms with van der Waals surface area (Å²) in [5.74, 6) is 0. The van der Waals surface area contributed by atoms with Crippen LogP contribution >= 0.6 is 22.7 Å². The second-order valence-corrected chi connectivity index (χ2v) is 15.0. The highest BCUT2D eigenvalue weighted by Gasteiger charge is 2.23. The van der Waals surface area contributed by atoms with E-state index in [2.05, 4.69) is 193 Å². The van der Waals surface area contributed by atoms with Crippen LogP contribution in [0.2, 0.25) is 0 Å². The second-order valence-electron chi connectivity index (χ2n) is 12.9. The molecule has 240 valence electrons. The molecule has 2 aromatic heterocycles. The molecule has 0 radical (unpaired) electrons. The van der Waals surface area contributed by atoms with Gasteiger partial charge in [0.05, 0.1) is 20.8 Å². The van der Waals surface area contributed by atoms with Crippen LogP contribution in [0.3, 0.4) is 0 Å². The van der Waals surface area contributed by atoms with Crippen molar-refractivity contribution in [1.29, 1.82) is 0 Å². The minimum Gasteiger partial charge on any atom is -0.308 e. The summed E-state index contributed by atoms with van der Waals surface area (Å²) in [6.45, 7) is 0. The van der Waals surface area contributed by atoms with E-state index in [1.54, 1.807) is 0 Å². The maximum atomic E-state index is 2.49. The monoisotopic (exact) mass is 685 g/mol. The molecule has 10 rings (SSSR count). The van der Waals surface area contributed by atoms with Crippen molar-refractivity contribution in [2.45, 2.75) is 0 Å². The summed E-state index contributed by atoms with van der Waals surface area (Å²) >= 11 is 3.76. The lowest BCUT2D eigenvalue weighted by atomic mass is 9.97. The smallest absolute Gasteiger partial charge is 0.0641 e. The summed E-state index contributed by atoms with van der Waals surface area (Å²) < 4.78 is 5.18. The Morgan fingerprint density at radius 3 is 1.61 bits per heavy atom. The van der Waals surface area contributed by atoms with Gasteiger partial charge < -0.3 is 4.90 Å². The van der Waals surface area contributed by atoms with Gasteiger partial charge in [0, 0.05) is 36.6 Å². The Kier molecular flexibility index (Phi) is 7.26. The number of fused-ring (bicyclic) bond motifs is 6. The van der Waals surface area contributed by atoms with Gasteiger partial charge in [-0.2, -0.15) is 0 Å². The van der Waals surface area contributed by atoms with Crippen molar-refractivity contribution in [3.63, 3.8) is 0 Å². The van der Waals surface area contributed by atoms with E-state index in [-0.39, 0.29) is 0 Å². The van der Waals surface area contributed by atoms with Crippen molar-refractivity contribution in [1.82, 2.24) is 0 Å². The van der Waals surface area contributed by atoms with Crippen LogP contribution in [0.15, 0.2) is 188 Å². The zero-order valence-electron chi connectivity index (χ0n) is 27.7. The normalized spacial score (nSPS) is 11.5. The van der Waals surface area contributed by atoms with Gasteiger partial charge in [0.2, 0.25) is 0 Å². The van der Waals surface area contributed by atoms with Crippen LogP contribution < -0.4 is 4.90 Å². The van der Waals surface area contributed by atoms with Crippen molar-refractivity contribution in [3.05, 3.63) is 188 Å². The summed E-state index contributed by atoms with van der Waals surface area (Å²) in [7, 11) is 0. The zero-order chi connectivity index (χ0) is 33.7. The fourth-order valence-electron chi connectivity index (χ4n) is 7.48. The van der Waals surface area contributed by atoms with Gasteiger partial charge in [-0.05, 0) is 75.8 Å². The van der Waals surface area contributed by atoms with Gasteiger partial charge in [-0.3, -0.25) is 0 Å². The molecule has 10 aromatic rings. The van der Waals surface area contributed by atoms with Gasteiger partial charge in [-0.1, -0.05) is 146 Å². The molecule has 0 aliphatic heterocycles. The third kappa shape index (κ3) is 5.13. The molecule has 0 saturated heterocycles. The van der Waals surface area contributed by atoms with Crippen LogP contribution in [-0.4, -0.2) is 0 Å². The average Bonchev–Trinajstić information content (AvgIpc) is 3.79. The van der Waals surface area contributed by atoms with Gasteiger partial charge in [-0.15, -0.1) is 22.7 Å². The van der Waals surface area contributed by atoms with Gasteiger partial charge in [0.15, 0.2) is 0 Å². The highest BCUT2D eigenvalue weighted by Crippen LogP contribution is 2.51. The Hall–Kier alpha value is -6.00. The molecule has 0 aliphatic carbocycles. The van der Waals surface area contributed by atoms with Crippen LogP contribution in [0.4, 0.5) is 17.1 Å². The standard InChI is InChI=1S/C48H31NS2/c1-3-13-32(14-4-1)35-17-11-18-36(31-35)33-25-27-37(28-26-33)49(42-22-12-21-40-39-19-7-9-23-44(39)50-47(40)42)43-30-29-38(34-15-5-2-6-16-34)46-41-20-8-10-24-45(41)51-48(43)46/h1-31H. The summed E-state index contributed by atoms with van der Waals surface area (Å²) in [6.07, 6.45) is 0. The molecule has 1 nitrogen and oxygen atoms in total. The van der Waals surface area contributed by atoms with Crippen LogP contribution in [0.5, 0.6) is 0 Å². The molecular weight excluding hydrogens is 655 g/mol. The molecule has 2 heterocycles. The fraction of sp³-hybridized carbons (Fsp3) is 0. The average molecular weight is 686 g/mol. The number of benzene rings is 8. The Balaban J connectivity index is 1.20. The van der Waals surface area contributed by atoms with Gasteiger partial charge >= 0.3 is 0 Å². The molecule has 8 aromatic carbocycles. The minimum atomic E-state index is 1.13. The van der Waals surface area contributed by atoms with Crippen molar-refractivity contribution in [2.75, 3.05) is 4.90 Å². The summed E-state index contributed by atoms with van der Waals surface area (Å²) in [5.41, 5.74) is 10.9. The number of thiophene rings is 2. The van der Waals surface area contributed by atoms with E-state index in [0.29, 0.717) is 0 Å². The maximum absolute atomic E-state index is 2.49. The Labute approximate surface area is 304 Å². The molecule has 0 fully saturated rings. The van der Waals surface area contributed by atoms with E-state index in [1.807, 2.05) is 22.7 Å². The molecule has 51 heavy (non-hydrogen) atoms. The molecular formula is C48H31NS2. The van der Waals surface area contributed by atoms with Crippen molar-refractivity contribution in [2.24, 2.45) is 0 Å². The lowest BCUT2D eigenvalue weighted by Crippen LogP contribution is -2.10. The zero-order valence-corrected chi connectivity index (χ0v) is 29.3. The summed E-state index contributed by atoms with van der Waals surface area (Å²) in [5, 5.41) is 5.20. The molecule has 0 unspecified atom stereocenters. The minimum absolute atomic E-state index is 1.13. The molecule has 0 bridgehead atoms. The first kappa shape index (κ1) is 29.9. The number of hydrogen-bond donors (Lipinski definition) is 0. The van der Waals surface area contributed by atoms with E-state index in [1.165, 1.54) is 85.1 Å². The van der Waals surface area contributed by atoms with Crippen molar-refractivity contribution >= 4 is 80.1 Å². The van der Waals surface area contributed by atoms with Crippen LogP contribution in [-0.2, 0) is 0 Å². The highest BCUT2D eigenvalue weighted by atomic mass is 32.1. The van der Waals surface area contributed by atoms with E-state index >= 15 is 0 Å². The van der Waals surface area contributed by atoms with E-state index in [9.17, 15) is 0 Å². The summed E-state index contributed by atoms with van der Waals surface area (Å²) in [4.78, 5) is 2.49. The van der Waals surface area contributed by atoms with Crippen molar-refractivity contribution in [3.8, 4) is 33.4 Å². The number of anilines is 3. The number of hydrogen-bond acceptors (Lipinski definition) is 3. The van der Waals surface area contributed by atoms with E-state index in [0.717, 1.165) is 5.69 Å². The molecule has 3 heteroatoms. The Morgan fingerprint density at radius 1 is 0.333 bits per heavy atom. The lowest BCUT2D eigenvalue weighted by molar-refractivity contribution is 1.32. The lowest BCUT2D eigenvalue weighted by Gasteiger charge is -2.27. The number of rotatable bonds is 6. The number of nitrogens with zero attached hydrogens (tertiary/aromatic N) is 1. The second kappa shape index (κ2) is 12.4. The molecule has 0 saturated carbocycles. The first-order chi connectivity index (χ1) is 25.3. The topological polar surface area (TPSA) is 3.24 Å². The Bertz CT molecular complexity index is 2850. The predicted octanol–water partition coefficient (Wildman–Crippen LogP) is 14.9. The highest BCUT2D eigenvalue weighted by molar-refractivity contribution is 7.27. The first-order valence-corrected chi connectivity index (χ1v) is 18.9. The first-order valence-electron chi connectivity index (χ1n) is 17.3. The maximum Gasteiger partial charge on any atom is 0.0641 e. The fourth-order valence-corrected chi connectivity index (χ4v) is 9.92. The quantitative estimate of drug-likeness (QED) is 0.168. The van der Waals surface area contributed by atoms with E-state index in [4.69, 9.17) is 0 Å².